The third kappa shape index (κ3) is 13.9. The Balaban J connectivity index is 1.77. The summed E-state index contributed by atoms with van der Waals surface area (Å²) >= 11 is 0. The minimum absolute atomic E-state index is 0.0153. The highest BCUT2D eigenvalue weighted by Gasteiger charge is 2.53. The Labute approximate surface area is 393 Å². The number of hydrogen-bond donors (Lipinski definition) is 0. The smallest absolute Gasteiger partial charge is 0.438 e. The first kappa shape index (κ1) is 54.9. The topological polar surface area (TPSA) is 120 Å². The summed E-state index contributed by atoms with van der Waals surface area (Å²) in [7, 11) is 2.79. The molecule has 0 aliphatic carbocycles. The minimum atomic E-state index is -2.39. The van der Waals surface area contributed by atoms with E-state index in [0.29, 0.717) is 19.4 Å². The molecule has 0 saturated carbocycles. The molecule has 0 spiro atoms. The summed E-state index contributed by atoms with van der Waals surface area (Å²) < 4.78 is 59.1. The van der Waals surface area contributed by atoms with E-state index in [-0.39, 0.29) is 55.0 Å². The van der Waals surface area contributed by atoms with Gasteiger partial charge < -0.3 is 52.0 Å². The van der Waals surface area contributed by atoms with E-state index in [2.05, 4.69) is 88.3 Å². The van der Waals surface area contributed by atoms with Gasteiger partial charge >= 0.3 is 6.16 Å². The van der Waals surface area contributed by atoms with Gasteiger partial charge in [-0.2, -0.15) is 0 Å². The molecular formula is C52H85NO11Si. The summed E-state index contributed by atoms with van der Waals surface area (Å²) in [6, 6.07) is 16.9. The molecule has 0 aromatic heterocycles. The molecule has 12 nitrogen and oxygen atoms in total. The molecular weight excluding hydrogens is 843 g/mol. The van der Waals surface area contributed by atoms with Gasteiger partial charge in [-0.3, -0.25) is 0 Å². The lowest BCUT2D eigenvalue weighted by Crippen LogP contribution is -2.61. The Morgan fingerprint density at radius 3 is 2.11 bits per heavy atom. The first-order chi connectivity index (χ1) is 30.8. The highest BCUT2D eigenvalue weighted by Crippen LogP contribution is 2.46. The average molecular weight is 928 g/mol. The van der Waals surface area contributed by atoms with Crippen LogP contribution in [-0.2, 0) is 53.7 Å². The van der Waals surface area contributed by atoms with Gasteiger partial charge in [-0.15, -0.1) is 0 Å². The highest BCUT2D eigenvalue weighted by molar-refractivity contribution is 6.73. The van der Waals surface area contributed by atoms with Gasteiger partial charge in [0.15, 0.2) is 27.0 Å². The zero-order chi connectivity index (χ0) is 48.2. The van der Waals surface area contributed by atoms with Gasteiger partial charge in [0.05, 0.1) is 55.9 Å². The Kier molecular flexibility index (Phi) is 21.1. The lowest BCUT2D eigenvalue weighted by Gasteiger charge is -2.51. The van der Waals surface area contributed by atoms with E-state index in [4.69, 9.17) is 42.3 Å². The van der Waals surface area contributed by atoms with Crippen molar-refractivity contribution in [2.24, 2.45) is 23.7 Å². The van der Waals surface area contributed by atoms with Crippen molar-refractivity contribution < 1.29 is 51.9 Å². The number of benzene rings is 2. The maximum Gasteiger partial charge on any atom is 0.508 e. The van der Waals surface area contributed by atoms with E-state index < -0.39 is 50.8 Å². The molecule has 4 rings (SSSR count). The monoisotopic (exact) mass is 928 g/mol. The number of ether oxygens (including phenoxy) is 8. The van der Waals surface area contributed by atoms with Crippen LogP contribution >= 0.6 is 0 Å². The second-order valence-electron chi connectivity index (χ2n) is 19.6. The normalized spacial score (nSPS) is 27.3. The molecule has 65 heavy (non-hydrogen) atoms. The Morgan fingerprint density at radius 2 is 1.55 bits per heavy atom. The van der Waals surface area contributed by atoms with Gasteiger partial charge in [-0.25, -0.2) is 4.79 Å². The van der Waals surface area contributed by atoms with Crippen molar-refractivity contribution in [3.63, 3.8) is 0 Å². The Hall–Kier alpha value is -2.72. The SMILES string of the molecule is CC[C@@H](OCOCc1ccccc1)[C@H](C)[C@@H]1OC(c2c(C)cc(C)cc2C)O[C@@H]([C@H](C)C[C@@](C)(O[Si](CC)(CC)CC)[C@H](O[C@@H]2O[C@@H](C)C[C@@H](N(C)C)[C@H]2OC(=O)OC)[C@H](C)C=O)[C@@H]1C. The number of likely N-dealkylation sites (N-methyl/N-ethyl adjacent to an activating group) is 1. The third-order valence-corrected chi connectivity index (χ3v) is 19.2. The van der Waals surface area contributed by atoms with Gasteiger partial charge in [0, 0.05) is 23.3 Å². The van der Waals surface area contributed by atoms with Crippen LogP contribution in [-0.4, -0.2) is 108 Å². The van der Waals surface area contributed by atoms with E-state index in [1.807, 2.05) is 63.2 Å². The van der Waals surface area contributed by atoms with E-state index in [1.54, 1.807) is 0 Å². The molecule has 2 heterocycles. The number of aryl methyl sites for hydroxylation is 3. The number of aldehydes is 1. The van der Waals surface area contributed by atoms with Crippen LogP contribution in [0.3, 0.4) is 0 Å². The summed E-state index contributed by atoms with van der Waals surface area (Å²) in [5, 5.41) is 0. The lowest BCUT2D eigenvalue weighted by molar-refractivity contribution is -0.305. The first-order valence-electron chi connectivity index (χ1n) is 24.3. The van der Waals surface area contributed by atoms with Crippen LogP contribution in [0.4, 0.5) is 4.79 Å². The van der Waals surface area contributed by atoms with Crippen LogP contribution in [0.25, 0.3) is 0 Å². The fourth-order valence-electron chi connectivity index (χ4n) is 10.8. The number of methoxy groups -OCH3 is 1. The number of rotatable bonds is 24. The Morgan fingerprint density at radius 1 is 0.938 bits per heavy atom. The van der Waals surface area contributed by atoms with E-state index >= 15 is 0 Å². The molecule has 368 valence electrons. The van der Waals surface area contributed by atoms with Crippen molar-refractivity contribution >= 4 is 20.8 Å². The van der Waals surface area contributed by atoms with Crippen LogP contribution in [0, 0.1) is 44.4 Å². The van der Waals surface area contributed by atoms with Crippen molar-refractivity contribution in [1.82, 2.24) is 4.90 Å². The fraction of sp³-hybridized carbons (Fsp3) is 0.731. The molecule has 2 aromatic carbocycles. The molecule has 2 aliphatic heterocycles. The summed E-state index contributed by atoms with van der Waals surface area (Å²) in [6.07, 6.45) is -2.12. The average Bonchev–Trinajstić information content (AvgIpc) is 3.27. The van der Waals surface area contributed by atoms with Crippen LogP contribution in [0.2, 0.25) is 18.1 Å². The van der Waals surface area contributed by atoms with Gasteiger partial charge in [-0.1, -0.05) is 103 Å². The summed E-state index contributed by atoms with van der Waals surface area (Å²) in [4.78, 5) is 27.9. The molecule has 0 amide bonds. The molecule has 0 bridgehead atoms. The first-order valence-corrected chi connectivity index (χ1v) is 26.8. The molecule has 2 saturated heterocycles. The zero-order valence-electron chi connectivity index (χ0n) is 42.7. The van der Waals surface area contributed by atoms with Gasteiger partial charge in [0.2, 0.25) is 0 Å². The molecule has 0 radical (unpaired) electrons. The Bertz CT molecular complexity index is 1730. The number of nitrogens with zero attached hydrogens (tertiary/aromatic N) is 1. The molecule has 2 aromatic rings. The van der Waals surface area contributed by atoms with E-state index in [9.17, 15) is 9.59 Å². The van der Waals surface area contributed by atoms with Crippen molar-refractivity contribution in [3.05, 3.63) is 70.3 Å². The third-order valence-electron chi connectivity index (χ3n) is 14.5. The van der Waals surface area contributed by atoms with Gasteiger partial charge in [0.25, 0.3) is 0 Å². The van der Waals surface area contributed by atoms with E-state index in [1.165, 1.54) is 12.7 Å². The lowest BCUT2D eigenvalue weighted by atomic mass is 9.75. The van der Waals surface area contributed by atoms with Crippen molar-refractivity contribution in [2.75, 3.05) is 28.0 Å². The maximum absolute atomic E-state index is 13.1. The van der Waals surface area contributed by atoms with Crippen LogP contribution in [0.1, 0.15) is 123 Å². The second kappa shape index (κ2) is 25.0. The van der Waals surface area contributed by atoms with Crippen molar-refractivity contribution in [2.45, 2.75) is 195 Å². The van der Waals surface area contributed by atoms with Crippen molar-refractivity contribution in [3.8, 4) is 0 Å². The van der Waals surface area contributed by atoms with Crippen LogP contribution in [0.5, 0.6) is 0 Å². The number of carbonyl (C=O) groups excluding carboxylic acids is 2. The number of hydrogen-bond acceptors (Lipinski definition) is 12. The van der Waals surface area contributed by atoms with Crippen LogP contribution < -0.4 is 0 Å². The molecule has 14 atom stereocenters. The maximum atomic E-state index is 13.1. The standard InChI is InChI=1S/C52H85NO11Si/c1-17-43(58-32-57-31-41-24-22-21-23-25-41)39(11)46-40(12)45(60-49(61-46)44-34(6)26-33(5)27-35(44)7)36(8)29-52(13,64-65(18-2,19-3)20-4)48(37(9)30-54)63-50-47(62-51(55)56-16)42(53(14)15)28-38(10)59-50/h21-27,30,36-40,42-43,45-50H,17-20,28-29,31-32H2,1-16H3/t36-,37-,38+,39+,40+,42-,43-,45+,46+,47-,48-,49?,50+,52-/m1/s1. The summed E-state index contributed by atoms with van der Waals surface area (Å²) in [6.45, 7) is 28.4. The van der Waals surface area contributed by atoms with Crippen molar-refractivity contribution in [1.29, 1.82) is 0 Å². The van der Waals surface area contributed by atoms with Gasteiger partial charge in [-0.05, 0) is 109 Å². The quantitative estimate of drug-likeness (QED) is 0.0328. The second-order valence-corrected chi connectivity index (χ2v) is 24.3. The molecule has 2 fully saturated rings. The minimum Gasteiger partial charge on any atom is -0.438 e. The highest BCUT2D eigenvalue weighted by atomic mass is 28.4. The fourth-order valence-corrected chi connectivity index (χ4v) is 13.9. The summed E-state index contributed by atoms with van der Waals surface area (Å²) in [5.74, 6) is -0.801. The predicted molar refractivity (Wildman–Crippen MR) is 257 cm³/mol. The molecule has 0 N–H and O–H groups in total. The molecule has 2 aliphatic rings. The largest absolute Gasteiger partial charge is 0.508 e. The predicted octanol–water partition coefficient (Wildman–Crippen LogP) is 10.9. The van der Waals surface area contributed by atoms with Gasteiger partial charge in [0.1, 0.15) is 13.1 Å². The summed E-state index contributed by atoms with van der Waals surface area (Å²) in [5.41, 5.74) is 4.55. The zero-order valence-corrected chi connectivity index (χ0v) is 43.7. The molecule has 13 heteroatoms. The number of carbonyl (C=O) groups is 2. The molecule has 1 unspecified atom stereocenters. The van der Waals surface area contributed by atoms with Crippen LogP contribution in [0.15, 0.2) is 42.5 Å². The van der Waals surface area contributed by atoms with E-state index in [0.717, 1.165) is 53.1 Å².